The summed E-state index contributed by atoms with van der Waals surface area (Å²) in [4.78, 5) is 11.1. The van der Waals surface area contributed by atoms with Gasteiger partial charge in [-0.25, -0.2) is 0 Å². The Labute approximate surface area is 88.0 Å². The molecule has 0 spiro atoms. The molecule has 0 saturated carbocycles. The van der Waals surface area contributed by atoms with E-state index >= 15 is 0 Å². The van der Waals surface area contributed by atoms with Gasteiger partial charge in [0.05, 0.1) is 6.61 Å². The van der Waals surface area contributed by atoms with E-state index in [1.165, 1.54) is 25.2 Å². The summed E-state index contributed by atoms with van der Waals surface area (Å²) >= 11 is 0. The Morgan fingerprint density at radius 2 is 1.79 bits per heavy atom. The van der Waals surface area contributed by atoms with Gasteiger partial charge < -0.3 is 4.74 Å². The largest absolute Gasteiger partial charge is 0.466 e. The predicted molar refractivity (Wildman–Crippen MR) is 58.9 cm³/mol. The van der Waals surface area contributed by atoms with Crippen molar-refractivity contribution in [3.63, 3.8) is 0 Å². The number of carbonyl (C=O) groups is 1. The third-order valence-corrected chi connectivity index (χ3v) is 2.09. The fourth-order valence-electron chi connectivity index (χ4n) is 1.14. The lowest BCUT2D eigenvalue weighted by Crippen LogP contribution is -2.06. The molecule has 0 N–H and O–H groups in total. The molecule has 0 aromatic heterocycles. The van der Waals surface area contributed by atoms with Gasteiger partial charge in [-0.05, 0) is 18.8 Å². The van der Waals surface area contributed by atoms with E-state index in [1.807, 2.05) is 13.8 Å². The van der Waals surface area contributed by atoms with E-state index in [1.54, 1.807) is 0 Å². The Morgan fingerprint density at radius 1 is 1.07 bits per heavy atom. The van der Waals surface area contributed by atoms with E-state index in [9.17, 15) is 4.79 Å². The summed E-state index contributed by atoms with van der Waals surface area (Å²) < 4.78 is 5.09. The van der Waals surface area contributed by atoms with Crippen LogP contribution in [0.2, 0.25) is 0 Å². The molecular formula is C12H23O2. The lowest BCUT2D eigenvalue weighted by atomic mass is 10.1. The van der Waals surface area contributed by atoms with Gasteiger partial charge in [-0.15, -0.1) is 0 Å². The first-order chi connectivity index (χ1) is 6.66. The summed E-state index contributed by atoms with van der Waals surface area (Å²) in [6.45, 7) is 6.84. The van der Waals surface area contributed by atoms with Crippen molar-refractivity contribution in [3.05, 3.63) is 5.92 Å². The van der Waals surface area contributed by atoms with Crippen LogP contribution in [0.1, 0.15) is 59.3 Å². The van der Waals surface area contributed by atoms with Crippen molar-refractivity contribution >= 4 is 5.97 Å². The number of unbranched alkanes of at least 4 members (excludes halogenated alkanes) is 3. The smallest absolute Gasteiger partial charge is 0.305 e. The van der Waals surface area contributed by atoms with Crippen LogP contribution in [0.5, 0.6) is 0 Å². The Hall–Kier alpha value is -0.530. The predicted octanol–water partition coefficient (Wildman–Crippen LogP) is 3.50. The summed E-state index contributed by atoms with van der Waals surface area (Å²) in [5, 5.41) is 0. The molecule has 1 radical (unpaired) electrons. The highest BCUT2D eigenvalue weighted by molar-refractivity contribution is 5.69. The maximum atomic E-state index is 11.1. The maximum absolute atomic E-state index is 11.1. The monoisotopic (exact) mass is 199 g/mol. The molecule has 2 nitrogen and oxygen atoms in total. The van der Waals surface area contributed by atoms with Crippen molar-refractivity contribution in [2.45, 2.75) is 59.3 Å². The molecule has 2 heteroatoms. The molecule has 0 fully saturated rings. The third-order valence-electron chi connectivity index (χ3n) is 2.09. The third kappa shape index (κ3) is 9.56. The average molecular weight is 199 g/mol. The van der Waals surface area contributed by atoms with E-state index in [-0.39, 0.29) is 5.97 Å². The van der Waals surface area contributed by atoms with E-state index in [0.717, 1.165) is 12.8 Å². The first-order valence-electron chi connectivity index (χ1n) is 5.61. The van der Waals surface area contributed by atoms with Crippen LogP contribution >= 0.6 is 0 Å². The minimum absolute atomic E-state index is 0.0531. The molecule has 0 unspecified atom stereocenters. The van der Waals surface area contributed by atoms with Crippen molar-refractivity contribution in [2.24, 2.45) is 0 Å². The molecule has 0 atom stereocenters. The Morgan fingerprint density at radius 3 is 2.36 bits per heavy atom. The maximum Gasteiger partial charge on any atom is 0.305 e. The second kappa shape index (κ2) is 9.04. The van der Waals surface area contributed by atoms with Gasteiger partial charge in [0.15, 0.2) is 0 Å². The van der Waals surface area contributed by atoms with Crippen molar-refractivity contribution in [1.82, 2.24) is 0 Å². The van der Waals surface area contributed by atoms with Gasteiger partial charge in [-0.2, -0.15) is 0 Å². The van der Waals surface area contributed by atoms with E-state index < -0.39 is 0 Å². The second-order valence-corrected chi connectivity index (χ2v) is 3.99. The Bertz CT molecular complexity index is 141. The molecule has 0 saturated heterocycles. The van der Waals surface area contributed by atoms with Crippen molar-refractivity contribution in [2.75, 3.05) is 6.61 Å². The molecule has 0 aliphatic carbocycles. The van der Waals surface area contributed by atoms with Crippen LogP contribution in [0.3, 0.4) is 0 Å². The van der Waals surface area contributed by atoms with Gasteiger partial charge in [0.1, 0.15) is 0 Å². The summed E-state index contributed by atoms with van der Waals surface area (Å²) in [6, 6.07) is 0. The van der Waals surface area contributed by atoms with Crippen LogP contribution in [-0.2, 0) is 9.53 Å². The van der Waals surface area contributed by atoms with Gasteiger partial charge in [0.2, 0.25) is 0 Å². The average Bonchev–Trinajstić information content (AvgIpc) is 2.14. The van der Waals surface area contributed by atoms with Gasteiger partial charge in [0.25, 0.3) is 0 Å². The fraction of sp³-hybridized carbons (Fsp3) is 0.833. The SMILES string of the molecule is CCCCCCOC(=O)CC[C](C)C. The molecule has 0 aromatic carbocycles. The highest BCUT2D eigenvalue weighted by Crippen LogP contribution is 2.07. The molecule has 0 rings (SSSR count). The fourth-order valence-corrected chi connectivity index (χ4v) is 1.14. The van der Waals surface area contributed by atoms with Crippen molar-refractivity contribution in [1.29, 1.82) is 0 Å². The molecule has 0 aromatic rings. The quantitative estimate of drug-likeness (QED) is 0.442. The summed E-state index contributed by atoms with van der Waals surface area (Å²) in [5.41, 5.74) is 0. The van der Waals surface area contributed by atoms with Gasteiger partial charge in [-0.3, -0.25) is 4.79 Å². The van der Waals surface area contributed by atoms with Gasteiger partial charge in [0, 0.05) is 6.42 Å². The number of carbonyl (C=O) groups excluding carboxylic acids is 1. The topological polar surface area (TPSA) is 26.3 Å². The first-order valence-corrected chi connectivity index (χ1v) is 5.61. The van der Waals surface area contributed by atoms with Crippen molar-refractivity contribution < 1.29 is 9.53 Å². The van der Waals surface area contributed by atoms with Crippen molar-refractivity contribution in [3.8, 4) is 0 Å². The molecule has 0 heterocycles. The molecule has 0 bridgehead atoms. The molecule has 0 aliphatic rings. The Kier molecular flexibility index (Phi) is 8.70. The summed E-state index contributed by atoms with van der Waals surface area (Å²) in [5.74, 6) is 1.23. The molecular weight excluding hydrogens is 176 g/mol. The lowest BCUT2D eigenvalue weighted by molar-refractivity contribution is -0.143. The molecule has 0 aliphatic heterocycles. The number of ether oxygens (including phenoxy) is 1. The summed E-state index contributed by atoms with van der Waals surface area (Å²) in [6.07, 6.45) is 6.03. The zero-order chi connectivity index (χ0) is 10.8. The van der Waals surface area contributed by atoms with E-state index in [0.29, 0.717) is 13.0 Å². The van der Waals surface area contributed by atoms with E-state index in [2.05, 4.69) is 6.92 Å². The minimum atomic E-state index is -0.0531. The zero-order valence-corrected chi connectivity index (χ0v) is 9.77. The molecule has 0 amide bonds. The summed E-state index contributed by atoms with van der Waals surface area (Å²) in [7, 11) is 0. The number of hydrogen-bond donors (Lipinski definition) is 0. The number of hydrogen-bond acceptors (Lipinski definition) is 2. The highest BCUT2D eigenvalue weighted by atomic mass is 16.5. The van der Waals surface area contributed by atoms with Gasteiger partial charge in [-0.1, -0.05) is 40.0 Å². The van der Waals surface area contributed by atoms with Crippen LogP contribution in [0, 0.1) is 5.92 Å². The van der Waals surface area contributed by atoms with Crippen LogP contribution in [-0.4, -0.2) is 12.6 Å². The minimum Gasteiger partial charge on any atom is -0.466 e. The highest BCUT2D eigenvalue weighted by Gasteiger charge is 2.03. The van der Waals surface area contributed by atoms with Crippen LogP contribution in [0.25, 0.3) is 0 Å². The number of rotatable bonds is 8. The number of esters is 1. The van der Waals surface area contributed by atoms with Crippen LogP contribution in [0.15, 0.2) is 0 Å². The van der Waals surface area contributed by atoms with E-state index in [4.69, 9.17) is 4.74 Å². The zero-order valence-electron chi connectivity index (χ0n) is 9.77. The second-order valence-electron chi connectivity index (χ2n) is 3.99. The Balaban J connectivity index is 3.18. The molecule has 14 heavy (non-hydrogen) atoms. The molecule has 83 valence electrons. The normalized spacial score (nSPS) is 10.6. The van der Waals surface area contributed by atoms with Crippen LogP contribution < -0.4 is 0 Å². The van der Waals surface area contributed by atoms with Gasteiger partial charge >= 0.3 is 5.97 Å². The lowest BCUT2D eigenvalue weighted by Gasteiger charge is -2.05. The first kappa shape index (κ1) is 13.5. The standard InChI is InChI=1S/C12H23O2/c1-4-5-6-7-10-14-12(13)9-8-11(2)3/h4-10H2,1-3H3. The van der Waals surface area contributed by atoms with Crippen LogP contribution in [0.4, 0.5) is 0 Å².